The van der Waals surface area contributed by atoms with Crippen LogP contribution in [-0.4, -0.2) is 61.2 Å². The predicted octanol–water partition coefficient (Wildman–Crippen LogP) is 4.91. The highest BCUT2D eigenvalue weighted by Crippen LogP contribution is 2.28. The fourth-order valence-corrected chi connectivity index (χ4v) is 5.46. The van der Waals surface area contributed by atoms with Crippen molar-refractivity contribution >= 4 is 11.7 Å². The number of ether oxygens (including phenoxy) is 1. The van der Waals surface area contributed by atoms with Gasteiger partial charge in [0.25, 0.3) is 5.91 Å². The van der Waals surface area contributed by atoms with E-state index < -0.39 is 0 Å². The smallest absolute Gasteiger partial charge is 0.251 e. The summed E-state index contributed by atoms with van der Waals surface area (Å²) in [5.74, 6) is 2.82. The molecule has 1 saturated carbocycles. The molecule has 1 saturated heterocycles. The number of piperazine rings is 1. The van der Waals surface area contributed by atoms with Crippen LogP contribution in [-0.2, 0) is 0 Å². The first-order valence-corrected chi connectivity index (χ1v) is 13.4. The molecule has 35 heavy (non-hydrogen) atoms. The van der Waals surface area contributed by atoms with Crippen LogP contribution in [0, 0.1) is 26.7 Å². The Balaban J connectivity index is 1.16. The number of benzene rings is 1. The summed E-state index contributed by atoms with van der Waals surface area (Å²) in [4.78, 5) is 22.4. The molecule has 6 nitrogen and oxygen atoms in total. The van der Waals surface area contributed by atoms with Gasteiger partial charge in [0.15, 0.2) is 0 Å². The molecular weight excluding hydrogens is 436 g/mol. The molecule has 4 rings (SSSR count). The van der Waals surface area contributed by atoms with Crippen molar-refractivity contribution in [1.29, 1.82) is 0 Å². The fourth-order valence-electron chi connectivity index (χ4n) is 5.46. The molecule has 0 spiro atoms. The fraction of sp³-hybridized carbons (Fsp3) is 0.586. The number of amides is 1. The lowest BCUT2D eigenvalue weighted by Crippen LogP contribution is -2.47. The molecule has 2 fully saturated rings. The molecule has 2 heterocycles. The molecule has 2 aromatic rings. The summed E-state index contributed by atoms with van der Waals surface area (Å²) in [6, 6.07) is 8.09. The van der Waals surface area contributed by atoms with Gasteiger partial charge in [-0.25, -0.2) is 4.98 Å². The highest BCUT2D eigenvalue weighted by Gasteiger charge is 2.25. The molecule has 1 aromatic heterocycles. The highest BCUT2D eigenvalue weighted by atomic mass is 16.5. The van der Waals surface area contributed by atoms with E-state index in [1.165, 1.54) is 36.9 Å². The molecule has 0 bridgehead atoms. The summed E-state index contributed by atoms with van der Waals surface area (Å²) in [6.07, 6.45) is 7.78. The third-order valence-electron chi connectivity index (χ3n) is 7.89. The Morgan fingerprint density at radius 1 is 1.03 bits per heavy atom. The second kappa shape index (κ2) is 11.9. The molecule has 2 aliphatic rings. The van der Waals surface area contributed by atoms with Crippen LogP contribution in [0.5, 0.6) is 5.75 Å². The molecule has 1 aliphatic carbocycles. The maximum Gasteiger partial charge on any atom is 0.251 e. The van der Waals surface area contributed by atoms with Crippen molar-refractivity contribution in [2.45, 2.75) is 65.8 Å². The summed E-state index contributed by atoms with van der Waals surface area (Å²) in [7, 11) is 0. The SMILES string of the molecule is CCOc1ccc(C(=O)NC2CCC(CCN3CCN(c4nccc(C)c4C)CC3)CC2)cc1C. The average Bonchev–Trinajstić information content (AvgIpc) is 2.87. The van der Waals surface area contributed by atoms with Crippen LogP contribution in [0.2, 0.25) is 0 Å². The van der Waals surface area contributed by atoms with Crippen LogP contribution >= 0.6 is 0 Å². The number of nitrogens with zero attached hydrogens (tertiary/aromatic N) is 3. The van der Waals surface area contributed by atoms with E-state index in [9.17, 15) is 4.79 Å². The third kappa shape index (κ3) is 6.54. The molecule has 190 valence electrons. The van der Waals surface area contributed by atoms with Crippen molar-refractivity contribution in [2.24, 2.45) is 5.92 Å². The Bertz CT molecular complexity index is 992. The quantitative estimate of drug-likeness (QED) is 0.584. The number of carbonyl (C=O) groups is 1. The van der Waals surface area contributed by atoms with Crippen LogP contribution in [0.1, 0.15) is 66.1 Å². The van der Waals surface area contributed by atoms with E-state index in [2.05, 4.69) is 40.0 Å². The summed E-state index contributed by atoms with van der Waals surface area (Å²) < 4.78 is 5.59. The van der Waals surface area contributed by atoms with E-state index in [0.717, 1.165) is 67.6 Å². The molecule has 0 atom stereocenters. The van der Waals surface area contributed by atoms with Gasteiger partial charge in [0, 0.05) is 44.0 Å². The van der Waals surface area contributed by atoms with Gasteiger partial charge in [-0.15, -0.1) is 0 Å². The number of anilines is 1. The first-order chi connectivity index (χ1) is 16.9. The number of aryl methyl sites for hydroxylation is 2. The summed E-state index contributed by atoms with van der Waals surface area (Å²) in [5.41, 5.74) is 4.36. The topological polar surface area (TPSA) is 57.7 Å². The zero-order valence-electron chi connectivity index (χ0n) is 22.0. The van der Waals surface area contributed by atoms with Crippen LogP contribution in [0.15, 0.2) is 30.5 Å². The Labute approximate surface area is 211 Å². The number of carbonyl (C=O) groups excluding carboxylic acids is 1. The first-order valence-electron chi connectivity index (χ1n) is 13.4. The van der Waals surface area contributed by atoms with Gasteiger partial charge in [-0.1, -0.05) is 0 Å². The minimum Gasteiger partial charge on any atom is -0.494 e. The Morgan fingerprint density at radius 2 is 1.77 bits per heavy atom. The van der Waals surface area contributed by atoms with E-state index in [1.807, 2.05) is 38.2 Å². The number of nitrogens with one attached hydrogen (secondary N) is 1. The zero-order valence-corrected chi connectivity index (χ0v) is 22.0. The highest BCUT2D eigenvalue weighted by molar-refractivity contribution is 5.94. The van der Waals surface area contributed by atoms with Crippen LogP contribution < -0.4 is 15.0 Å². The van der Waals surface area contributed by atoms with Gasteiger partial charge in [0.05, 0.1) is 6.61 Å². The van der Waals surface area contributed by atoms with E-state index in [0.29, 0.717) is 12.6 Å². The Morgan fingerprint density at radius 3 is 2.46 bits per heavy atom. The van der Waals surface area contributed by atoms with Crippen molar-refractivity contribution in [1.82, 2.24) is 15.2 Å². The van der Waals surface area contributed by atoms with Crippen molar-refractivity contribution < 1.29 is 9.53 Å². The lowest BCUT2D eigenvalue weighted by Gasteiger charge is -2.37. The van der Waals surface area contributed by atoms with Crippen LogP contribution in [0.4, 0.5) is 5.82 Å². The molecule has 1 aromatic carbocycles. The van der Waals surface area contributed by atoms with E-state index in [-0.39, 0.29) is 5.91 Å². The summed E-state index contributed by atoms with van der Waals surface area (Å²) >= 11 is 0. The van der Waals surface area contributed by atoms with Gasteiger partial charge in [-0.3, -0.25) is 9.69 Å². The lowest BCUT2D eigenvalue weighted by molar-refractivity contribution is 0.0919. The third-order valence-corrected chi connectivity index (χ3v) is 7.89. The van der Waals surface area contributed by atoms with Crippen molar-refractivity contribution in [3.63, 3.8) is 0 Å². The molecule has 1 amide bonds. The lowest BCUT2D eigenvalue weighted by atomic mass is 9.84. The number of hydrogen-bond acceptors (Lipinski definition) is 5. The van der Waals surface area contributed by atoms with E-state index >= 15 is 0 Å². The van der Waals surface area contributed by atoms with Gasteiger partial charge in [0.2, 0.25) is 0 Å². The van der Waals surface area contributed by atoms with Crippen molar-refractivity contribution in [3.05, 3.63) is 52.7 Å². The molecular formula is C29H42N4O2. The molecule has 0 radical (unpaired) electrons. The Kier molecular flexibility index (Phi) is 8.66. The minimum atomic E-state index is 0.0378. The molecule has 1 aliphatic heterocycles. The number of rotatable bonds is 8. The van der Waals surface area contributed by atoms with E-state index in [1.54, 1.807) is 0 Å². The Hall–Kier alpha value is -2.60. The molecule has 1 N–H and O–H groups in total. The second-order valence-electron chi connectivity index (χ2n) is 10.3. The van der Waals surface area contributed by atoms with E-state index in [4.69, 9.17) is 4.74 Å². The first kappa shape index (κ1) is 25.5. The molecule has 0 unspecified atom stereocenters. The molecule has 6 heteroatoms. The van der Waals surface area contributed by atoms with Gasteiger partial charge in [-0.2, -0.15) is 0 Å². The van der Waals surface area contributed by atoms with Crippen LogP contribution in [0.25, 0.3) is 0 Å². The van der Waals surface area contributed by atoms with Crippen molar-refractivity contribution in [3.8, 4) is 5.75 Å². The summed E-state index contributed by atoms with van der Waals surface area (Å²) in [6.45, 7) is 14.5. The maximum absolute atomic E-state index is 12.7. The number of aromatic nitrogens is 1. The normalized spacial score (nSPS) is 21.1. The zero-order chi connectivity index (χ0) is 24.8. The second-order valence-corrected chi connectivity index (χ2v) is 10.3. The van der Waals surface area contributed by atoms with Gasteiger partial charge in [-0.05, 0) is 113 Å². The maximum atomic E-state index is 12.7. The van der Waals surface area contributed by atoms with Gasteiger partial charge < -0.3 is 15.0 Å². The van der Waals surface area contributed by atoms with Crippen molar-refractivity contribution in [2.75, 3.05) is 44.2 Å². The minimum absolute atomic E-state index is 0.0378. The predicted molar refractivity (Wildman–Crippen MR) is 143 cm³/mol. The monoisotopic (exact) mass is 478 g/mol. The largest absolute Gasteiger partial charge is 0.494 e. The average molecular weight is 479 g/mol. The van der Waals surface area contributed by atoms with Gasteiger partial charge >= 0.3 is 0 Å². The number of pyridine rings is 1. The standard InChI is InChI=1S/C29H42N4O2/c1-5-35-27-11-8-25(20-22(27)3)29(34)31-26-9-6-24(7-10-26)13-15-32-16-18-33(19-17-32)28-23(4)21(2)12-14-30-28/h8,11-12,14,20,24,26H,5-7,9-10,13,15-19H2,1-4H3,(H,31,34). The number of hydrogen-bond donors (Lipinski definition) is 1. The summed E-state index contributed by atoms with van der Waals surface area (Å²) in [5, 5.41) is 3.27. The van der Waals surface area contributed by atoms with Gasteiger partial charge in [0.1, 0.15) is 11.6 Å². The van der Waals surface area contributed by atoms with Crippen LogP contribution in [0.3, 0.4) is 0 Å².